The van der Waals surface area contributed by atoms with Crippen molar-refractivity contribution in [3.8, 4) is 0 Å². The first-order valence-corrected chi connectivity index (χ1v) is 0. The predicted molar refractivity (Wildman–Crippen MR) is 27.4 cm³/mol. The molecule has 0 aliphatic carbocycles. The summed E-state index contributed by atoms with van der Waals surface area (Å²) in [6, 6.07) is 0. The standard InChI is InChI=1S/6H2O.Pb/h6*1H2;. The Morgan fingerprint density at radius 2 is 0.286 bits per heavy atom. The van der Waals surface area contributed by atoms with E-state index in [2.05, 4.69) is 0 Å². The number of rotatable bonds is 0. The van der Waals surface area contributed by atoms with Crippen molar-refractivity contribution in [1.29, 1.82) is 0 Å². The van der Waals surface area contributed by atoms with Crippen LogP contribution >= 0.6 is 0 Å². The molecule has 0 rings (SSSR count). The molecule has 0 heterocycles. The summed E-state index contributed by atoms with van der Waals surface area (Å²) >= 11 is 0. The summed E-state index contributed by atoms with van der Waals surface area (Å²) < 4.78 is 0. The molecule has 0 aromatic carbocycles. The van der Waals surface area contributed by atoms with Crippen LogP contribution in [0.1, 0.15) is 0 Å². The molecule has 0 saturated carbocycles. The monoisotopic (exact) mass is 316 g/mol. The zero-order valence-corrected chi connectivity index (χ0v) is 7.39. The Balaban J connectivity index is 0. The summed E-state index contributed by atoms with van der Waals surface area (Å²) in [5.74, 6) is 0. The van der Waals surface area contributed by atoms with Crippen LogP contribution in [0.4, 0.5) is 0 Å². The van der Waals surface area contributed by atoms with E-state index < -0.39 is 0 Å². The second kappa shape index (κ2) is 464. The van der Waals surface area contributed by atoms with Crippen LogP contribution in [0.25, 0.3) is 0 Å². The van der Waals surface area contributed by atoms with E-state index in [0.29, 0.717) is 0 Å². The van der Waals surface area contributed by atoms with Crippen molar-refractivity contribution >= 4 is 27.3 Å². The molecular weight excluding hydrogens is 303 g/mol. The van der Waals surface area contributed by atoms with Gasteiger partial charge in [0.25, 0.3) is 0 Å². The SMILES string of the molecule is O.O.O.O.O.O.[Pb]. The van der Waals surface area contributed by atoms with Gasteiger partial charge in [0.05, 0.1) is 0 Å². The van der Waals surface area contributed by atoms with Gasteiger partial charge in [0.2, 0.25) is 0 Å². The average Bonchev–Trinajstić information content (AvgIpc) is 0. The van der Waals surface area contributed by atoms with Crippen LogP contribution < -0.4 is 0 Å². The smallest absolute Gasteiger partial charge is 0 e. The minimum absolute atomic E-state index is 0. The Labute approximate surface area is 60.5 Å². The van der Waals surface area contributed by atoms with Gasteiger partial charge in [-0.25, -0.2) is 0 Å². The fourth-order valence-electron chi connectivity index (χ4n) is 0. The first-order valence-electron chi connectivity index (χ1n) is 0. The fraction of sp³-hybridized carbons (Fsp3) is 0. The molecule has 12 N–H and O–H groups in total. The van der Waals surface area contributed by atoms with Crippen molar-refractivity contribution in [3.63, 3.8) is 0 Å². The maximum absolute atomic E-state index is 0. The first kappa shape index (κ1) is 737. The van der Waals surface area contributed by atoms with Gasteiger partial charge in [-0.15, -0.1) is 0 Å². The third-order valence-electron chi connectivity index (χ3n) is 0. The maximum Gasteiger partial charge on any atom is 0 e. The molecule has 7 heteroatoms. The Hall–Kier alpha value is 0.682. The molecule has 0 saturated heterocycles. The van der Waals surface area contributed by atoms with E-state index in [1.807, 2.05) is 0 Å². The minimum atomic E-state index is 0. The van der Waals surface area contributed by atoms with Crippen molar-refractivity contribution in [1.82, 2.24) is 0 Å². The molecular formula is H12O6Pb. The van der Waals surface area contributed by atoms with Gasteiger partial charge in [0.15, 0.2) is 0 Å². The molecule has 0 bridgehead atoms. The fourth-order valence-corrected chi connectivity index (χ4v) is 0. The van der Waals surface area contributed by atoms with Crippen LogP contribution in [0.3, 0.4) is 0 Å². The van der Waals surface area contributed by atoms with Gasteiger partial charge in [0, 0.05) is 27.3 Å². The predicted octanol–water partition coefficient (Wildman–Crippen LogP) is -5.33. The van der Waals surface area contributed by atoms with E-state index in [-0.39, 0.29) is 60.2 Å². The van der Waals surface area contributed by atoms with Crippen molar-refractivity contribution in [2.75, 3.05) is 0 Å². The van der Waals surface area contributed by atoms with Crippen LogP contribution in [0.5, 0.6) is 0 Å². The quantitative estimate of drug-likeness (QED) is 0.386. The summed E-state index contributed by atoms with van der Waals surface area (Å²) in [6.07, 6.45) is 0. The van der Waals surface area contributed by atoms with Crippen molar-refractivity contribution in [2.45, 2.75) is 0 Å². The summed E-state index contributed by atoms with van der Waals surface area (Å²) in [7, 11) is 0. The van der Waals surface area contributed by atoms with Gasteiger partial charge in [0.1, 0.15) is 0 Å². The van der Waals surface area contributed by atoms with Gasteiger partial charge < -0.3 is 32.9 Å². The third kappa shape index (κ3) is 315. The van der Waals surface area contributed by atoms with Gasteiger partial charge in [-0.1, -0.05) is 0 Å². The number of hydrogen-bond donors (Lipinski definition) is 0. The molecule has 6 nitrogen and oxygen atoms in total. The molecule has 52 valence electrons. The minimum Gasteiger partial charge on any atom is -0.412 e. The van der Waals surface area contributed by atoms with Crippen molar-refractivity contribution in [2.24, 2.45) is 0 Å². The molecule has 0 unspecified atom stereocenters. The zero-order chi connectivity index (χ0) is 0. The molecule has 0 aliphatic heterocycles. The van der Waals surface area contributed by atoms with E-state index in [1.165, 1.54) is 0 Å². The first-order chi connectivity index (χ1) is 0. The van der Waals surface area contributed by atoms with E-state index in [1.54, 1.807) is 0 Å². The van der Waals surface area contributed by atoms with E-state index >= 15 is 0 Å². The Morgan fingerprint density at radius 1 is 0.286 bits per heavy atom. The van der Waals surface area contributed by atoms with Crippen molar-refractivity contribution in [3.05, 3.63) is 0 Å². The molecule has 7 heavy (non-hydrogen) atoms. The van der Waals surface area contributed by atoms with Gasteiger partial charge in [-0.05, 0) is 0 Å². The van der Waals surface area contributed by atoms with E-state index in [0.717, 1.165) is 0 Å². The molecule has 0 aromatic heterocycles. The van der Waals surface area contributed by atoms with Crippen LogP contribution in [-0.2, 0) is 0 Å². The molecule has 0 fully saturated rings. The molecule has 0 atom stereocenters. The Bertz CT molecular complexity index is 4.14. The van der Waals surface area contributed by atoms with Crippen molar-refractivity contribution < 1.29 is 32.9 Å². The van der Waals surface area contributed by atoms with Gasteiger partial charge in [-0.2, -0.15) is 0 Å². The molecule has 0 aliphatic rings. The topological polar surface area (TPSA) is 189 Å². The maximum atomic E-state index is 0. The normalized spacial score (nSPS) is 0. The zero-order valence-electron chi connectivity index (χ0n) is 3.50. The van der Waals surface area contributed by atoms with Crippen LogP contribution in [0, 0.1) is 0 Å². The second-order valence-electron chi connectivity index (χ2n) is 0. The van der Waals surface area contributed by atoms with Crippen LogP contribution in [0.2, 0.25) is 0 Å². The average molecular weight is 315 g/mol. The van der Waals surface area contributed by atoms with Crippen LogP contribution in [-0.4, -0.2) is 60.2 Å². The van der Waals surface area contributed by atoms with Gasteiger partial charge in [-0.3, -0.25) is 0 Å². The molecule has 0 aromatic rings. The van der Waals surface area contributed by atoms with Crippen LogP contribution in [0.15, 0.2) is 0 Å². The summed E-state index contributed by atoms with van der Waals surface area (Å²) in [5, 5.41) is 0. The summed E-state index contributed by atoms with van der Waals surface area (Å²) in [6.45, 7) is 0. The largest absolute Gasteiger partial charge is 0.412 e. The van der Waals surface area contributed by atoms with E-state index in [9.17, 15) is 0 Å². The third-order valence-corrected chi connectivity index (χ3v) is 0. The molecule has 4 radical (unpaired) electrons. The van der Waals surface area contributed by atoms with Gasteiger partial charge >= 0.3 is 0 Å². The second-order valence-corrected chi connectivity index (χ2v) is 0. The summed E-state index contributed by atoms with van der Waals surface area (Å²) in [4.78, 5) is 0. The number of hydrogen-bond acceptors (Lipinski definition) is 0. The van der Waals surface area contributed by atoms with E-state index in [4.69, 9.17) is 0 Å². The molecule has 0 spiro atoms. The summed E-state index contributed by atoms with van der Waals surface area (Å²) in [5.41, 5.74) is 0. The Kier molecular flexibility index (Phi) is 48800. The molecule has 0 amide bonds. The Morgan fingerprint density at radius 3 is 0.286 bits per heavy atom.